The van der Waals surface area contributed by atoms with E-state index in [0.717, 1.165) is 12.0 Å². The van der Waals surface area contributed by atoms with E-state index in [9.17, 15) is 15.0 Å². The lowest BCUT2D eigenvalue weighted by Crippen LogP contribution is -2.25. The second-order valence-electron chi connectivity index (χ2n) is 7.04. The Bertz CT molecular complexity index is 602. The molecule has 1 aromatic carbocycles. The molecule has 1 aromatic rings. The SMILES string of the molecule is O=C(O)C[C@H](O)C[C@H](O)COc1c(Cl)cc(Cl)cc1CC1CCCCC1. The van der Waals surface area contributed by atoms with E-state index in [1.807, 2.05) is 6.07 Å². The average Bonchev–Trinajstić information content (AvgIpc) is 2.54. The van der Waals surface area contributed by atoms with Gasteiger partial charge in [0.1, 0.15) is 12.4 Å². The Balaban J connectivity index is 1.99. The van der Waals surface area contributed by atoms with E-state index in [1.54, 1.807) is 6.07 Å². The molecule has 3 N–H and O–H groups in total. The second kappa shape index (κ2) is 10.4. The first-order valence-electron chi connectivity index (χ1n) is 9.03. The largest absolute Gasteiger partial charge is 0.489 e. The van der Waals surface area contributed by atoms with Crippen molar-refractivity contribution in [3.63, 3.8) is 0 Å². The number of carboxylic acid groups (broad SMARTS) is 1. The van der Waals surface area contributed by atoms with Crippen molar-refractivity contribution >= 4 is 29.2 Å². The fraction of sp³-hybridized carbons (Fsp3) is 0.632. The van der Waals surface area contributed by atoms with Crippen LogP contribution in [0.3, 0.4) is 0 Å². The highest BCUT2D eigenvalue weighted by Crippen LogP contribution is 2.36. The van der Waals surface area contributed by atoms with Gasteiger partial charge in [-0.25, -0.2) is 0 Å². The number of aliphatic carboxylic acids is 1. The van der Waals surface area contributed by atoms with Crippen LogP contribution >= 0.6 is 23.2 Å². The maximum Gasteiger partial charge on any atom is 0.305 e. The summed E-state index contributed by atoms with van der Waals surface area (Å²) in [5, 5.41) is 29.2. The number of rotatable bonds is 9. The summed E-state index contributed by atoms with van der Waals surface area (Å²) in [6.45, 7) is -0.0737. The average molecular weight is 405 g/mol. The van der Waals surface area contributed by atoms with Gasteiger partial charge in [-0.15, -0.1) is 0 Å². The topological polar surface area (TPSA) is 87.0 Å². The second-order valence-corrected chi connectivity index (χ2v) is 7.88. The quantitative estimate of drug-likeness (QED) is 0.576. The third-order valence-corrected chi connectivity index (χ3v) is 5.19. The maximum absolute atomic E-state index is 10.6. The van der Waals surface area contributed by atoms with Crippen molar-refractivity contribution in [1.29, 1.82) is 0 Å². The van der Waals surface area contributed by atoms with E-state index in [1.165, 1.54) is 32.1 Å². The summed E-state index contributed by atoms with van der Waals surface area (Å²) in [7, 11) is 0. The molecule has 2 rings (SSSR count). The number of halogens is 2. The summed E-state index contributed by atoms with van der Waals surface area (Å²) in [4.78, 5) is 10.6. The van der Waals surface area contributed by atoms with E-state index in [0.29, 0.717) is 21.7 Å². The smallest absolute Gasteiger partial charge is 0.305 e. The highest BCUT2D eigenvalue weighted by Gasteiger charge is 2.20. The van der Waals surface area contributed by atoms with Crippen LogP contribution in [0, 0.1) is 5.92 Å². The Hall–Kier alpha value is -1.01. The van der Waals surface area contributed by atoms with Gasteiger partial charge in [0.2, 0.25) is 0 Å². The molecule has 0 aliphatic heterocycles. The van der Waals surface area contributed by atoms with E-state index >= 15 is 0 Å². The minimum absolute atomic E-state index is 0.0737. The van der Waals surface area contributed by atoms with E-state index in [-0.39, 0.29) is 13.0 Å². The van der Waals surface area contributed by atoms with Crippen LogP contribution in [0.25, 0.3) is 0 Å². The van der Waals surface area contributed by atoms with Crippen molar-refractivity contribution in [2.24, 2.45) is 5.92 Å². The number of carboxylic acids is 1. The number of aliphatic hydroxyl groups excluding tert-OH is 2. The van der Waals surface area contributed by atoms with Crippen LogP contribution in [0.2, 0.25) is 10.0 Å². The molecule has 146 valence electrons. The van der Waals surface area contributed by atoms with E-state index in [4.69, 9.17) is 33.0 Å². The molecule has 1 aliphatic carbocycles. The number of hydrogen-bond acceptors (Lipinski definition) is 4. The van der Waals surface area contributed by atoms with Crippen LogP contribution in [0.15, 0.2) is 12.1 Å². The van der Waals surface area contributed by atoms with Gasteiger partial charge < -0.3 is 20.1 Å². The van der Waals surface area contributed by atoms with Gasteiger partial charge in [-0.3, -0.25) is 4.79 Å². The summed E-state index contributed by atoms with van der Waals surface area (Å²) in [5.41, 5.74) is 0.924. The van der Waals surface area contributed by atoms with Gasteiger partial charge in [-0.05, 0) is 30.0 Å². The molecule has 1 fully saturated rings. The standard InChI is InChI=1S/C19H26Cl2O5/c20-14-7-13(6-12-4-2-1-3-5-12)19(17(21)8-14)26-11-16(23)9-15(22)10-18(24)25/h7-8,12,15-16,22-23H,1-6,9-11H2,(H,24,25)/t15-,16+/m1/s1. The number of benzene rings is 1. The lowest BCUT2D eigenvalue weighted by atomic mass is 9.84. The molecule has 26 heavy (non-hydrogen) atoms. The molecule has 0 spiro atoms. The molecule has 0 unspecified atom stereocenters. The van der Waals surface area contributed by atoms with Gasteiger partial charge >= 0.3 is 5.97 Å². The van der Waals surface area contributed by atoms with Crippen LogP contribution in [0.5, 0.6) is 5.75 Å². The summed E-state index contributed by atoms with van der Waals surface area (Å²) in [6.07, 6.45) is 4.33. The van der Waals surface area contributed by atoms with Crippen molar-refractivity contribution < 1.29 is 24.9 Å². The van der Waals surface area contributed by atoms with E-state index in [2.05, 4.69) is 0 Å². The minimum Gasteiger partial charge on any atom is -0.489 e. The molecular formula is C19H26Cl2O5. The number of carbonyl (C=O) groups is 1. The summed E-state index contributed by atoms with van der Waals surface area (Å²) in [6, 6.07) is 3.46. The predicted molar refractivity (Wildman–Crippen MR) is 101 cm³/mol. The van der Waals surface area contributed by atoms with Crippen LogP contribution < -0.4 is 4.74 Å². The van der Waals surface area contributed by atoms with Gasteiger partial charge in [0.25, 0.3) is 0 Å². The van der Waals surface area contributed by atoms with Gasteiger partial charge in [0.05, 0.1) is 23.7 Å². The van der Waals surface area contributed by atoms with Gasteiger partial charge in [-0.2, -0.15) is 0 Å². The third kappa shape index (κ3) is 6.95. The van der Waals surface area contributed by atoms with Crippen LogP contribution in [0.4, 0.5) is 0 Å². The van der Waals surface area contributed by atoms with Crippen molar-refractivity contribution in [3.05, 3.63) is 27.7 Å². The number of hydrogen-bond donors (Lipinski definition) is 3. The highest BCUT2D eigenvalue weighted by molar-refractivity contribution is 6.35. The predicted octanol–water partition coefficient (Wildman–Crippen LogP) is 4.08. The molecule has 0 amide bonds. The Labute approximate surface area is 163 Å². The van der Waals surface area contributed by atoms with Crippen LogP contribution in [0.1, 0.15) is 50.5 Å². The van der Waals surface area contributed by atoms with Crippen molar-refractivity contribution in [1.82, 2.24) is 0 Å². The summed E-state index contributed by atoms with van der Waals surface area (Å²) in [5.74, 6) is -0.0301. The molecule has 1 saturated carbocycles. The molecular weight excluding hydrogens is 379 g/mol. The lowest BCUT2D eigenvalue weighted by Gasteiger charge is -2.24. The highest BCUT2D eigenvalue weighted by atomic mass is 35.5. The van der Waals surface area contributed by atoms with Gasteiger partial charge in [0.15, 0.2) is 0 Å². The number of ether oxygens (including phenoxy) is 1. The normalized spacial score (nSPS) is 17.7. The van der Waals surface area contributed by atoms with E-state index < -0.39 is 24.6 Å². The van der Waals surface area contributed by atoms with Crippen LogP contribution in [-0.4, -0.2) is 40.1 Å². The lowest BCUT2D eigenvalue weighted by molar-refractivity contribution is -0.139. The zero-order chi connectivity index (χ0) is 19.1. The summed E-state index contributed by atoms with van der Waals surface area (Å²) >= 11 is 12.4. The third-order valence-electron chi connectivity index (χ3n) is 4.69. The number of aliphatic hydroxyl groups is 2. The van der Waals surface area contributed by atoms with Crippen molar-refractivity contribution in [3.8, 4) is 5.75 Å². The van der Waals surface area contributed by atoms with Crippen molar-refractivity contribution in [2.45, 2.75) is 63.6 Å². The molecule has 0 radical (unpaired) electrons. The first-order valence-corrected chi connectivity index (χ1v) is 9.79. The molecule has 5 nitrogen and oxygen atoms in total. The summed E-state index contributed by atoms with van der Waals surface area (Å²) < 4.78 is 5.73. The Morgan fingerprint density at radius 3 is 2.50 bits per heavy atom. The Morgan fingerprint density at radius 1 is 1.15 bits per heavy atom. The fourth-order valence-electron chi connectivity index (χ4n) is 3.48. The van der Waals surface area contributed by atoms with Crippen LogP contribution in [-0.2, 0) is 11.2 Å². The maximum atomic E-state index is 10.6. The molecule has 0 saturated heterocycles. The zero-order valence-corrected chi connectivity index (χ0v) is 16.2. The molecule has 7 heteroatoms. The molecule has 0 aromatic heterocycles. The molecule has 1 aliphatic rings. The minimum atomic E-state index is -1.12. The van der Waals surface area contributed by atoms with Gasteiger partial charge in [-0.1, -0.05) is 55.3 Å². The van der Waals surface area contributed by atoms with Crippen molar-refractivity contribution in [2.75, 3.05) is 6.61 Å². The zero-order valence-electron chi connectivity index (χ0n) is 14.7. The monoisotopic (exact) mass is 404 g/mol. The Kier molecular flexibility index (Phi) is 8.48. The molecule has 0 bridgehead atoms. The first kappa shape index (κ1) is 21.3. The fourth-order valence-corrected chi connectivity index (χ4v) is 4.07. The molecule has 2 atom stereocenters. The molecule has 0 heterocycles. The first-order chi connectivity index (χ1) is 12.3. The van der Waals surface area contributed by atoms with Gasteiger partial charge in [0, 0.05) is 11.4 Å². The Morgan fingerprint density at radius 2 is 1.85 bits per heavy atom.